The second-order valence-corrected chi connectivity index (χ2v) is 5.55. The molecule has 1 aliphatic rings. The molecule has 1 atom stereocenters. The highest BCUT2D eigenvalue weighted by Crippen LogP contribution is 2.31. The van der Waals surface area contributed by atoms with E-state index in [0.29, 0.717) is 6.42 Å². The van der Waals surface area contributed by atoms with Crippen LogP contribution in [0.1, 0.15) is 38.2 Å². The van der Waals surface area contributed by atoms with Gasteiger partial charge < -0.3 is 11.1 Å². The number of rotatable bonds is 5. The summed E-state index contributed by atoms with van der Waals surface area (Å²) >= 11 is 0. The van der Waals surface area contributed by atoms with E-state index in [0.717, 1.165) is 25.7 Å². The first-order valence-corrected chi connectivity index (χ1v) is 6.70. The third-order valence-corrected chi connectivity index (χ3v) is 3.65. The van der Waals surface area contributed by atoms with Crippen LogP contribution in [0.3, 0.4) is 0 Å². The Morgan fingerprint density at radius 2 is 2.06 bits per heavy atom. The van der Waals surface area contributed by atoms with Crippen molar-refractivity contribution in [3.8, 4) is 0 Å². The van der Waals surface area contributed by atoms with E-state index in [-0.39, 0.29) is 17.5 Å². The first-order chi connectivity index (χ1) is 8.57. The number of hydrogen-bond donors (Lipinski definition) is 2. The van der Waals surface area contributed by atoms with Crippen LogP contribution in [-0.2, 0) is 11.2 Å². The third kappa shape index (κ3) is 3.57. The van der Waals surface area contributed by atoms with Crippen molar-refractivity contribution in [3.63, 3.8) is 0 Å². The zero-order valence-electron chi connectivity index (χ0n) is 11.0. The van der Waals surface area contributed by atoms with Gasteiger partial charge in [-0.05, 0) is 38.2 Å². The fourth-order valence-electron chi connectivity index (χ4n) is 2.47. The fraction of sp³-hybridized carbons (Fsp3) is 0.533. The highest BCUT2D eigenvalue weighted by molar-refractivity contribution is 5.77. The van der Waals surface area contributed by atoms with Crippen LogP contribution in [0.25, 0.3) is 0 Å². The highest BCUT2D eigenvalue weighted by Gasteiger charge is 2.34. The molecular formula is C15H22N2O. The van der Waals surface area contributed by atoms with Crippen molar-refractivity contribution in [1.29, 1.82) is 0 Å². The Morgan fingerprint density at radius 1 is 1.39 bits per heavy atom. The average molecular weight is 246 g/mol. The number of nitrogens with one attached hydrogen (secondary N) is 1. The fourth-order valence-corrected chi connectivity index (χ4v) is 2.47. The van der Waals surface area contributed by atoms with Gasteiger partial charge in [-0.1, -0.05) is 30.3 Å². The van der Waals surface area contributed by atoms with Crippen LogP contribution in [-0.4, -0.2) is 17.5 Å². The van der Waals surface area contributed by atoms with E-state index < -0.39 is 0 Å². The van der Waals surface area contributed by atoms with Gasteiger partial charge in [0.15, 0.2) is 0 Å². The van der Waals surface area contributed by atoms with Crippen LogP contribution in [0.4, 0.5) is 0 Å². The molecular weight excluding hydrogens is 224 g/mol. The first kappa shape index (κ1) is 13.1. The number of nitrogens with two attached hydrogens (primary N) is 1. The van der Waals surface area contributed by atoms with Gasteiger partial charge in [0.05, 0.1) is 0 Å². The summed E-state index contributed by atoms with van der Waals surface area (Å²) < 4.78 is 0. The molecule has 0 aromatic heterocycles. The van der Waals surface area contributed by atoms with Crippen molar-refractivity contribution < 1.29 is 4.79 Å². The SMILES string of the molecule is CC(Cc1ccccc1)NC(=O)CC1(N)CCC1. The molecule has 1 aliphatic carbocycles. The smallest absolute Gasteiger partial charge is 0.222 e. The maximum atomic E-state index is 11.9. The average Bonchev–Trinajstić information content (AvgIpc) is 2.27. The van der Waals surface area contributed by atoms with Crippen molar-refractivity contribution >= 4 is 5.91 Å². The molecule has 1 unspecified atom stereocenters. The van der Waals surface area contributed by atoms with E-state index in [1.165, 1.54) is 5.56 Å². The number of carbonyl (C=O) groups is 1. The molecule has 0 saturated heterocycles. The van der Waals surface area contributed by atoms with E-state index >= 15 is 0 Å². The quantitative estimate of drug-likeness (QED) is 0.835. The summed E-state index contributed by atoms with van der Waals surface area (Å²) in [6.07, 6.45) is 4.45. The monoisotopic (exact) mass is 246 g/mol. The van der Waals surface area contributed by atoms with Crippen LogP contribution in [0, 0.1) is 0 Å². The molecule has 3 heteroatoms. The molecule has 1 fully saturated rings. The minimum atomic E-state index is -0.226. The van der Waals surface area contributed by atoms with Gasteiger partial charge in [-0.2, -0.15) is 0 Å². The van der Waals surface area contributed by atoms with E-state index in [1.54, 1.807) is 0 Å². The van der Waals surface area contributed by atoms with Gasteiger partial charge >= 0.3 is 0 Å². The number of hydrogen-bond acceptors (Lipinski definition) is 2. The Hall–Kier alpha value is -1.35. The highest BCUT2D eigenvalue weighted by atomic mass is 16.1. The van der Waals surface area contributed by atoms with Gasteiger partial charge in [-0.3, -0.25) is 4.79 Å². The molecule has 0 aliphatic heterocycles. The second kappa shape index (κ2) is 5.53. The van der Waals surface area contributed by atoms with Crippen molar-refractivity contribution in [2.24, 2.45) is 5.73 Å². The minimum absolute atomic E-state index is 0.0839. The van der Waals surface area contributed by atoms with Gasteiger partial charge in [0.2, 0.25) is 5.91 Å². The molecule has 3 N–H and O–H groups in total. The predicted octanol–water partition coefficient (Wildman–Crippen LogP) is 2.01. The Balaban J connectivity index is 1.77. The topological polar surface area (TPSA) is 55.1 Å². The summed E-state index contributed by atoms with van der Waals surface area (Å²) in [7, 11) is 0. The summed E-state index contributed by atoms with van der Waals surface area (Å²) in [5.41, 5.74) is 7.09. The van der Waals surface area contributed by atoms with Crippen molar-refractivity contribution in [1.82, 2.24) is 5.32 Å². The standard InChI is InChI=1S/C15H22N2O/c1-12(10-13-6-3-2-4-7-13)17-14(18)11-15(16)8-5-9-15/h2-4,6-7,12H,5,8-11,16H2,1H3,(H,17,18). The van der Waals surface area contributed by atoms with Gasteiger partial charge in [-0.25, -0.2) is 0 Å². The summed E-state index contributed by atoms with van der Waals surface area (Å²) in [6, 6.07) is 10.4. The first-order valence-electron chi connectivity index (χ1n) is 6.70. The summed E-state index contributed by atoms with van der Waals surface area (Å²) in [4.78, 5) is 11.9. The van der Waals surface area contributed by atoms with Crippen molar-refractivity contribution in [2.75, 3.05) is 0 Å². The summed E-state index contributed by atoms with van der Waals surface area (Å²) in [5.74, 6) is 0.0839. The van der Waals surface area contributed by atoms with Gasteiger partial charge in [0, 0.05) is 18.0 Å². The van der Waals surface area contributed by atoms with Crippen molar-refractivity contribution in [3.05, 3.63) is 35.9 Å². The molecule has 18 heavy (non-hydrogen) atoms. The minimum Gasteiger partial charge on any atom is -0.353 e. The largest absolute Gasteiger partial charge is 0.353 e. The second-order valence-electron chi connectivity index (χ2n) is 5.55. The Morgan fingerprint density at radius 3 is 2.61 bits per heavy atom. The predicted molar refractivity (Wildman–Crippen MR) is 73.1 cm³/mol. The molecule has 0 heterocycles. The molecule has 1 aromatic rings. The summed E-state index contributed by atoms with van der Waals surface area (Å²) in [6.45, 7) is 2.04. The molecule has 1 aromatic carbocycles. The number of amides is 1. The lowest BCUT2D eigenvalue weighted by molar-refractivity contribution is -0.123. The Kier molecular flexibility index (Phi) is 4.02. The molecule has 1 amide bonds. The van der Waals surface area contributed by atoms with Crippen LogP contribution in [0.15, 0.2) is 30.3 Å². The molecule has 0 spiro atoms. The molecule has 3 nitrogen and oxygen atoms in total. The lowest BCUT2D eigenvalue weighted by Crippen LogP contribution is -2.50. The molecule has 1 saturated carbocycles. The lowest BCUT2D eigenvalue weighted by atomic mass is 9.75. The molecule has 98 valence electrons. The van der Waals surface area contributed by atoms with E-state index in [1.807, 2.05) is 25.1 Å². The van der Waals surface area contributed by atoms with Crippen molar-refractivity contribution in [2.45, 2.75) is 50.6 Å². The Labute approximate surface area is 109 Å². The molecule has 2 rings (SSSR count). The maximum Gasteiger partial charge on any atom is 0.222 e. The van der Waals surface area contributed by atoms with E-state index in [4.69, 9.17) is 5.73 Å². The van der Waals surface area contributed by atoms with Crippen LogP contribution >= 0.6 is 0 Å². The number of benzene rings is 1. The van der Waals surface area contributed by atoms with E-state index in [2.05, 4.69) is 17.4 Å². The number of carbonyl (C=O) groups excluding carboxylic acids is 1. The summed E-state index contributed by atoms with van der Waals surface area (Å²) in [5, 5.41) is 3.03. The molecule has 0 radical (unpaired) electrons. The van der Waals surface area contributed by atoms with E-state index in [9.17, 15) is 4.79 Å². The van der Waals surface area contributed by atoms with Crippen LogP contribution in [0.5, 0.6) is 0 Å². The molecule has 0 bridgehead atoms. The maximum absolute atomic E-state index is 11.9. The Bertz CT molecular complexity index is 398. The lowest BCUT2D eigenvalue weighted by Gasteiger charge is -2.37. The van der Waals surface area contributed by atoms with Crippen LogP contribution < -0.4 is 11.1 Å². The third-order valence-electron chi connectivity index (χ3n) is 3.65. The van der Waals surface area contributed by atoms with Crippen LogP contribution in [0.2, 0.25) is 0 Å². The normalized spacial score (nSPS) is 18.8. The van der Waals surface area contributed by atoms with Gasteiger partial charge in [0.25, 0.3) is 0 Å². The zero-order valence-corrected chi connectivity index (χ0v) is 11.0. The zero-order chi connectivity index (χ0) is 13.0. The van der Waals surface area contributed by atoms with Gasteiger partial charge in [-0.15, -0.1) is 0 Å². The van der Waals surface area contributed by atoms with Gasteiger partial charge in [0.1, 0.15) is 0 Å².